The summed E-state index contributed by atoms with van der Waals surface area (Å²) < 4.78 is 10.9. The van der Waals surface area contributed by atoms with Gasteiger partial charge in [-0.1, -0.05) is 12.1 Å². The lowest BCUT2D eigenvalue weighted by Gasteiger charge is -2.31. The summed E-state index contributed by atoms with van der Waals surface area (Å²) in [6, 6.07) is 7.62. The van der Waals surface area contributed by atoms with Crippen molar-refractivity contribution in [2.75, 3.05) is 18.9 Å². The zero-order chi connectivity index (χ0) is 15.5. The molecule has 1 aliphatic heterocycles. The van der Waals surface area contributed by atoms with Gasteiger partial charge in [-0.25, -0.2) is 4.79 Å². The molecule has 1 fully saturated rings. The number of ether oxygens (including phenoxy) is 2. The van der Waals surface area contributed by atoms with E-state index < -0.39 is 5.60 Å². The second-order valence-electron chi connectivity index (χ2n) is 6.37. The van der Waals surface area contributed by atoms with Crippen molar-refractivity contribution in [1.82, 2.24) is 4.90 Å². The first-order chi connectivity index (χ1) is 9.85. The minimum atomic E-state index is -0.504. The van der Waals surface area contributed by atoms with Crippen LogP contribution in [-0.2, 0) is 16.0 Å². The zero-order valence-electron chi connectivity index (χ0n) is 13.0. The van der Waals surface area contributed by atoms with Crippen LogP contribution in [0.1, 0.15) is 32.8 Å². The fraction of sp³-hybridized carbons (Fsp3) is 0.562. The molecule has 21 heavy (non-hydrogen) atoms. The lowest BCUT2D eigenvalue weighted by molar-refractivity contribution is 0.0126. The molecule has 1 unspecified atom stereocenters. The Morgan fingerprint density at radius 2 is 2.05 bits per heavy atom. The van der Waals surface area contributed by atoms with E-state index in [1.54, 1.807) is 4.90 Å². The molecule has 0 saturated carbocycles. The van der Waals surface area contributed by atoms with E-state index in [4.69, 9.17) is 15.2 Å². The van der Waals surface area contributed by atoms with E-state index in [9.17, 15) is 4.79 Å². The molecule has 1 heterocycles. The largest absolute Gasteiger partial charge is 0.444 e. The fourth-order valence-electron chi connectivity index (χ4n) is 2.25. The van der Waals surface area contributed by atoms with Gasteiger partial charge >= 0.3 is 6.09 Å². The smallest absolute Gasteiger partial charge is 0.410 e. The highest BCUT2D eigenvalue weighted by atomic mass is 16.6. The monoisotopic (exact) mass is 292 g/mol. The van der Waals surface area contributed by atoms with Gasteiger partial charge in [-0.15, -0.1) is 0 Å². The SMILES string of the molecule is CC(C)(C)OC(=O)N(Cc1ccc(N)cc1)C1CCOC1. The summed E-state index contributed by atoms with van der Waals surface area (Å²) >= 11 is 0. The highest BCUT2D eigenvalue weighted by Crippen LogP contribution is 2.20. The molecule has 0 radical (unpaired) electrons. The summed E-state index contributed by atoms with van der Waals surface area (Å²) in [5.41, 5.74) is 6.94. The van der Waals surface area contributed by atoms with Crippen molar-refractivity contribution in [3.05, 3.63) is 29.8 Å². The number of benzene rings is 1. The Kier molecular flexibility index (Phi) is 4.73. The number of carbonyl (C=O) groups is 1. The van der Waals surface area contributed by atoms with E-state index in [2.05, 4.69) is 0 Å². The summed E-state index contributed by atoms with van der Waals surface area (Å²) in [5.74, 6) is 0. The first-order valence-corrected chi connectivity index (χ1v) is 7.27. The quantitative estimate of drug-likeness (QED) is 0.870. The zero-order valence-corrected chi connectivity index (χ0v) is 13.0. The van der Waals surface area contributed by atoms with Gasteiger partial charge < -0.3 is 15.2 Å². The number of rotatable bonds is 3. The molecule has 5 heteroatoms. The Morgan fingerprint density at radius 3 is 2.57 bits per heavy atom. The van der Waals surface area contributed by atoms with Gasteiger partial charge in [-0.2, -0.15) is 0 Å². The van der Waals surface area contributed by atoms with Crippen molar-refractivity contribution >= 4 is 11.8 Å². The maximum atomic E-state index is 12.4. The molecule has 1 saturated heterocycles. The average Bonchev–Trinajstić information content (AvgIpc) is 2.89. The molecule has 1 aromatic carbocycles. The van der Waals surface area contributed by atoms with E-state index in [0.717, 1.165) is 12.0 Å². The molecule has 1 aliphatic rings. The van der Waals surface area contributed by atoms with Crippen LogP contribution in [0, 0.1) is 0 Å². The fourth-order valence-corrected chi connectivity index (χ4v) is 2.25. The molecule has 2 N–H and O–H groups in total. The highest BCUT2D eigenvalue weighted by Gasteiger charge is 2.30. The number of hydrogen-bond donors (Lipinski definition) is 1. The van der Waals surface area contributed by atoms with Gasteiger partial charge in [-0.3, -0.25) is 4.90 Å². The van der Waals surface area contributed by atoms with Crippen LogP contribution >= 0.6 is 0 Å². The molecule has 2 rings (SSSR count). The Bertz CT molecular complexity index is 473. The number of hydrogen-bond acceptors (Lipinski definition) is 4. The average molecular weight is 292 g/mol. The standard InChI is InChI=1S/C16H24N2O3/c1-16(2,3)21-15(19)18(14-8-9-20-11-14)10-12-4-6-13(17)7-5-12/h4-7,14H,8-11,17H2,1-3H3. The molecular formula is C16H24N2O3. The third-order valence-electron chi connectivity index (χ3n) is 3.31. The van der Waals surface area contributed by atoms with Crippen molar-refractivity contribution in [2.45, 2.75) is 45.4 Å². The van der Waals surface area contributed by atoms with Gasteiger partial charge in [0.15, 0.2) is 0 Å². The Labute approximate surface area is 126 Å². The molecule has 116 valence electrons. The topological polar surface area (TPSA) is 64.8 Å². The third kappa shape index (κ3) is 4.63. The first-order valence-electron chi connectivity index (χ1n) is 7.27. The van der Waals surface area contributed by atoms with E-state index in [1.165, 1.54) is 0 Å². The molecule has 0 spiro atoms. The first kappa shape index (κ1) is 15.6. The molecule has 1 atom stereocenters. The van der Waals surface area contributed by atoms with Gasteiger partial charge in [0.05, 0.1) is 12.6 Å². The van der Waals surface area contributed by atoms with Crippen LogP contribution in [0.3, 0.4) is 0 Å². The minimum absolute atomic E-state index is 0.0670. The van der Waals surface area contributed by atoms with Crippen molar-refractivity contribution in [3.8, 4) is 0 Å². The van der Waals surface area contributed by atoms with Gasteiger partial charge in [0.25, 0.3) is 0 Å². The normalized spacial score (nSPS) is 18.5. The van der Waals surface area contributed by atoms with Crippen LogP contribution in [0.5, 0.6) is 0 Å². The van der Waals surface area contributed by atoms with Crippen molar-refractivity contribution in [2.24, 2.45) is 0 Å². The van der Waals surface area contributed by atoms with E-state index in [-0.39, 0.29) is 12.1 Å². The minimum Gasteiger partial charge on any atom is -0.444 e. The lowest BCUT2D eigenvalue weighted by Crippen LogP contribution is -2.43. The molecule has 5 nitrogen and oxygen atoms in total. The van der Waals surface area contributed by atoms with Crippen LogP contribution in [-0.4, -0.2) is 35.8 Å². The maximum Gasteiger partial charge on any atom is 0.410 e. The number of nitrogens with zero attached hydrogens (tertiary/aromatic N) is 1. The van der Waals surface area contributed by atoms with Crippen molar-refractivity contribution < 1.29 is 14.3 Å². The number of carbonyl (C=O) groups excluding carboxylic acids is 1. The van der Waals surface area contributed by atoms with Crippen LogP contribution in [0.15, 0.2) is 24.3 Å². The predicted molar refractivity (Wildman–Crippen MR) is 81.9 cm³/mol. The maximum absolute atomic E-state index is 12.4. The molecule has 0 bridgehead atoms. The number of anilines is 1. The molecule has 1 aromatic rings. The number of amides is 1. The van der Waals surface area contributed by atoms with Crippen molar-refractivity contribution in [1.29, 1.82) is 0 Å². The Balaban J connectivity index is 2.11. The lowest BCUT2D eigenvalue weighted by atomic mass is 10.1. The second-order valence-corrected chi connectivity index (χ2v) is 6.37. The summed E-state index contributed by atoms with van der Waals surface area (Å²) in [4.78, 5) is 14.2. The third-order valence-corrected chi connectivity index (χ3v) is 3.31. The van der Waals surface area contributed by atoms with E-state index >= 15 is 0 Å². The summed E-state index contributed by atoms with van der Waals surface area (Å²) in [7, 11) is 0. The van der Waals surface area contributed by atoms with Crippen LogP contribution in [0.2, 0.25) is 0 Å². The van der Waals surface area contributed by atoms with Crippen molar-refractivity contribution in [3.63, 3.8) is 0 Å². The molecule has 1 amide bonds. The molecule has 0 aromatic heterocycles. The van der Waals surface area contributed by atoms with Crippen LogP contribution in [0.4, 0.5) is 10.5 Å². The van der Waals surface area contributed by atoms with Gasteiger partial charge in [-0.05, 0) is 44.9 Å². The Hall–Kier alpha value is -1.75. The molecule has 0 aliphatic carbocycles. The summed E-state index contributed by atoms with van der Waals surface area (Å²) in [5, 5.41) is 0. The van der Waals surface area contributed by atoms with Gasteiger partial charge in [0, 0.05) is 18.8 Å². The Morgan fingerprint density at radius 1 is 1.38 bits per heavy atom. The van der Waals surface area contributed by atoms with Gasteiger partial charge in [0.1, 0.15) is 5.60 Å². The van der Waals surface area contributed by atoms with Crippen LogP contribution in [0.25, 0.3) is 0 Å². The predicted octanol–water partition coefficient (Wildman–Crippen LogP) is 2.79. The number of nitrogens with two attached hydrogens (primary N) is 1. The van der Waals surface area contributed by atoms with E-state index in [1.807, 2.05) is 45.0 Å². The van der Waals surface area contributed by atoms with Gasteiger partial charge in [0.2, 0.25) is 0 Å². The molecular weight excluding hydrogens is 268 g/mol. The second kappa shape index (κ2) is 6.35. The van der Waals surface area contributed by atoms with E-state index in [0.29, 0.717) is 25.4 Å². The summed E-state index contributed by atoms with van der Waals surface area (Å²) in [6.45, 7) is 7.37. The highest BCUT2D eigenvalue weighted by molar-refractivity contribution is 5.68. The van der Waals surface area contributed by atoms with Crippen LogP contribution < -0.4 is 5.73 Å². The number of nitrogen functional groups attached to an aromatic ring is 1. The summed E-state index contributed by atoms with van der Waals surface area (Å²) in [6.07, 6.45) is 0.545.